The molecule has 3 aromatic rings. The molecule has 1 aliphatic rings. The van der Waals surface area contributed by atoms with Gasteiger partial charge in [0.05, 0.1) is 32.0 Å². The predicted molar refractivity (Wildman–Crippen MR) is 128 cm³/mol. The average molecular weight is 475 g/mol. The fraction of sp³-hybridized carbons (Fsp3) is 0.222. The third kappa shape index (κ3) is 4.82. The first kappa shape index (κ1) is 23.8. The average Bonchev–Trinajstić information content (AvgIpc) is 2.90. The molecular formula is C27H25NO7. The van der Waals surface area contributed by atoms with Crippen molar-refractivity contribution in [1.82, 2.24) is 0 Å². The lowest BCUT2D eigenvalue weighted by atomic mass is 9.89. The van der Waals surface area contributed by atoms with Crippen molar-refractivity contribution >= 4 is 23.5 Å². The summed E-state index contributed by atoms with van der Waals surface area (Å²) in [5.74, 6) is 0.100. The van der Waals surface area contributed by atoms with Crippen molar-refractivity contribution < 1.29 is 33.3 Å². The summed E-state index contributed by atoms with van der Waals surface area (Å²) in [6.45, 7) is 2.02. The highest BCUT2D eigenvalue weighted by molar-refractivity contribution is 6.05. The number of methoxy groups -OCH3 is 2. The van der Waals surface area contributed by atoms with Crippen LogP contribution in [-0.4, -0.2) is 44.8 Å². The molecule has 0 unspecified atom stereocenters. The smallest absolute Gasteiger partial charge is 0.338 e. The zero-order chi connectivity index (χ0) is 24.9. The lowest BCUT2D eigenvalue weighted by molar-refractivity contribution is -0.135. The molecule has 1 amide bonds. The number of anilines is 1. The molecule has 0 spiro atoms. The zero-order valence-corrected chi connectivity index (χ0v) is 19.6. The van der Waals surface area contributed by atoms with Crippen LogP contribution in [0.1, 0.15) is 39.2 Å². The van der Waals surface area contributed by atoms with E-state index in [1.54, 1.807) is 91.7 Å². The molecule has 0 bridgehead atoms. The van der Waals surface area contributed by atoms with Crippen molar-refractivity contribution in [3.8, 4) is 11.5 Å². The number of rotatable bonds is 8. The molecule has 0 aliphatic carbocycles. The van der Waals surface area contributed by atoms with Gasteiger partial charge < -0.3 is 18.9 Å². The van der Waals surface area contributed by atoms with Crippen LogP contribution < -0.4 is 14.4 Å². The Hall–Kier alpha value is -4.33. The summed E-state index contributed by atoms with van der Waals surface area (Å²) in [4.78, 5) is 38.7. The van der Waals surface area contributed by atoms with E-state index in [-0.39, 0.29) is 12.5 Å². The van der Waals surface area contributed by atoms with Gasteiger partial charge in [0.15, 0.2) is 0 Å². The minimum Gasteiger partial charge on any atom is -0.497 e. The molecule has 1 fully saturated rings. The van der Waals surface area contributed by atoms with Gasteiger partial charge in [0, 0.05) is 5.69 Å². The highest BCUT2D eigenvalue weighted by Gasteiger charge is 2.51. The Kier molecular flexibility index (Phi) is 7.01. The minimum absolute atomic E-state index is 0.230. The molecule has 3 aromatic carbocycles. The molecule has 35 heavy (non-hydrogen) atoms. The van der Waals surface area contributed by atoms with Crippen molar-refractivity contribution in [3.63, 3.8) is 0 Å². The summed E-state index contributed by atoms with van der Waals surface area (Å²) in [5, 5.41) is 0. The van der Waals surface area contributed by atoms with Gasteiger partial charge in [-0.25, -0.2) is 9.59 Å². The summed E-state index contributed by atoms with van der Waals surface area (Å²) in [5.41, 5.74) is 2.19. The van der Waals surface area contributed by atoms with Crippen LogP contribution in [0, 0.1) is 0 Å². The van der Waals surface area contributed by atoms with Gasteiger partial charge in [-0.3, -0.25) is 9.69 Å². The number of carbonyl (C=O) groups excluding carboxylic acids is 3. The molecule has 4 rings (SSSR count). The monoisotopic (exact) mass is 475 g/mol. The van der Waals surface area contributed by atoms with E-state index in [0.717, 1.165) is 5.56 Å². The van der Waals surface area contributed by atoms with E-state index < -0.39 is 24.1 Å². The van der Waals surface area contributed by atoms with Crippen LogP contribution in [0.4, 0.5) is 5.69 Å². The van der Waals surface area contributed by atoms with Crippen molar-refractivity contribution in [3.05, 3.63) is 89.5 Å². The lowest BCUT2D eigenvalue weighted by Gasteiger charge is -2.46. The van der Waals surface area contributed by atoms with E-state index in [1.165, 1.54) is 7.11 Å². The molecule has 0 N–H and O–H groups in total. The molecule has 2 atom stereocenters. The second-order valence-corrected chi connectivity index (χ2v) is 7.75. The molecule has 0 saturated carbocycles. The minimum atomic E-state index is -0.780. The fourth-order valence-corrected chi connectivity index (χ4v) is 3.90. The first-order valence-electron chi connectivity index (χ1n) is 11.1. The molecule has 1 aliphatic heterocycles. The van der Waals surface area contributed by atoms with Crippen molar-refractivity contribution in [1.29, 1.82) is 0 Å². The Morgan fingerprint density at radius 1 is 0.800 bits per heavy atom. The first-order valence-corrected chi connectivity index (χ1v) is 11.1. The van der Waals surface area contributed by atoms with E-state index >= 15 is 0 Å². The Bertz CT molecular complexity index is 1200. The summed E-state index contributed by atoms with van der Waals surface area (Å²) >= 11 is 0. The van der Waals surface area contributed by atoms with E-state index in [0.29, 0.717) is 28.3 Å². The van der Waals surface area contributed by atoms with Crippen LogP contribution in [-0.2, 0) is 14.3 Å². The summed E-state index contributed by atoms with van der Waals surface area (Å²) in [6, 6.07) is 20.0. The van der Waals surface area contributed by atoms with Crippen LogP contribution in [0.3, 0.4) is 0 Å². The number of amides is 1. The largest absolute Gasteiger partial charge is 0.497 e. The van der Waals surface area contributed by atoms with E-state index in [9.17, 15) is 14.4 Å². The maximum absolute atomic E-state index is 13.2. The maximum Gasteiger partial charge on any atom is 0.338 e. The van der Waals surface area contributed by atoms with Crippen molar-refractivity contribution in [2.45, 2.75) is 19.1 Å². The maximum atomic E-state index is 13.2. The third-order valence-corrected chi connectivity index (χ3v) is 5.70. The van der Waals surface area contributed by atoms with Crippen LogP contribution in [0.25, 0.3) is 0 Å². The van der Waals surface area contributed by atoms with Crippen LogP contribution >= 0.6 is 0 Å². The lowest BCUT2D eigenvalue weighted by Crippen LogP contribution is -2.61. The topological polar surface area (TPSA) is 91.4 Å². The number of esters is 2. The summed E-state index contributed by atoms with van der Waals surface area (Å²) in [7, 11) is 2.89. The Labute approximate surface area is 203 Å². The molecule has 0 aromatic heterocycles. The van der Waals surface area contributed by atoms with Gasteiger partial charge in [-0.1, -0.05) is 12.1 Å². The normalized spacial score (nSPS) is 16.8. The second kappa shape index (κ2) is 10.3. The van der Waals surface area contributed by atoms with Gasteiger partial charge in [0.2, 0.25) is 6.10 Å². The fourth-order valence-electron chi connectivity index (χ4n) is 3.90. The molecule has 1 heterocycles. The summed E-state index contributed by atoms with van der Waals surface area (Å²) < 4.78 is 21.1. The van der Waals surface area contributed by atoms with Gasteiger partial charge in [-0.15, -0.1) is 0 Å². The highest BCUT2D eigenvalue weighted by Crippen LogP contribution is 2.41. The predicted octanol–water partition coefficient (Wildman–Crippen LogP) is 4.19. The molecule has 8 nitrogen and oxygen atoms in total. The van der Waals surface area contributed by atoms with E-state index in [2.05, 4.69) is 0 Å². The SMILES string of the molecule is CCOC(=O)c1ccc(N2C(=O)[C@@H](Oc3ccc(OC)cc3)[C@H]2c2ccc(C(=O)OC)cc2)cc1. The number of nitrogens with zero attached hydrogens (tertiary/aromatic N) is 1. The Morgan fingerprint density at radius 2 is 1.37 bits per heavy atom. The highest BCUT2D eigenvalue weighted by atomic mass is 16.5. The number of hydrogen-bond acceptors (Lipinski definition) is 7. The quantitative estimate of drug-likeness (QED) is 0.356. The Balaban J connectivity index is 1.64. The van der Waals surface area contributed by atoms with Gasteiger partial charge in [0.1, 0.15) is 17.5 Å². The van der Waals surface area contributed by atoms with Gasteiger partial charge >= 0.3 is 11.9 Å². The Morgan fingerprint density at radius 3 is 1.94 bits per heavy atom. The second-order valence-electron chi connectivity index (χ2n) is 7.75. The number of β-lactam (4-membered cyclic amide) rings is 1. The zero-order valence-electron chi connectivity index (χ0n) is 19.6. The van der Waals surface area contributed by atoms with E-state index in [1.807, 2.05) is 0 Å². The number of ether oxygens (including phenoxy) is 4. The van der Waals surface area contributed by atoms with Crippen LogP contribution in [0.5, 0.6) is 11.5 Å². The number of benzene rings is 3. The molecule has 180 valence electrons. The molecule has 8 heteroatoms. The first-order chi connectivity index (χ1) is 17.0. The van der Waals surface area contributed by atoms with Crippen molar-refractivity contribution in [2.75, 3.05) is 25.7 Å². The van der Waals surface area contributed by atoms with Crippen LogP contribution in [0.2, 0.25) is 0 Å². The van der Waals surface area contributed by atoms with Gasteiger partial charge in [-0.05, 0) is 73.2 Å². The molecule has 0 radical (unpaired) electrons. The molecular weight excluding hydrogens is 450 g/mol. The van der Waals surface area contributed by atoms with Crippen molar-refractivity contribution in [2.24, 2.45) is 0 Å². The third-order valence-electron chi connectivity index (χ3n) is 5.70. The number of carbonyl (C=O) groups is 3. The standard InChI is InChI=1S/C27H25NO7/c1-4-34-27(31)19-9-11-20(12-10-19)28-23(17-5-7-18(8-6-17)26(30)33-3)24(25(28)29)35-22-15-13-21(32-2)14-16-22/h5-16,23-24H,4H2,1-3H3/t23-,24+/m1/s1. The van der Waals surface area contributed by atoms with Gasteiger partial charge in [-0.2, -0.15) is 0 Å². The molecule has 1 saturated heterocycles. The summed E-state index contributed by atoms with van der Waals surface area (Å²) in [6.07, 6.45) is -0.780. The van der Waals surface area contributed by atoms with E-state index in [4.69, 9.17) is 18.9 Å². The van der Waals surface area contributed by atoms with Gasteiger partial charge in [0.25, 0.3) is 5.91 Å². The van der Waals surface area contributed by atoms with Crippen LogP contribution in [0.15, 0.2) is 72.8 Å². The number of hydrogen-bond donors (Lipinski definition) is 0.